The average molecular weight is 264 g/mol. The van der Waals surface area contributed by atoms with Gasteiger partial charge in [-0.05, 0) is 18.6 Å². The van der Waals surface area contributed by atoms with E-state index in [0.29, 0.717) is 19.6 Å². The highest BCUT2D eigenvalue weighted by Crippen LogP contribution is 2.33. The van der Waals surface area contributed by atoms with E-state index in [1.165, 1.54) is 12.3 Å². The number of hydrogen-bond donors (Lipinski definition) is 2. The fourth-order valence-electron chi connectivity index (χ4n) is 1.32. The van der Waals surface area contributed by atoms with E-state index in [1.807, 2.05) is 0 Å². The van der Waals surface area contributed by atoms with E-state index in [9.17, 15) is 13.2 Å². The molecule has 1 aromatic rings. The minimum Gasteiger partial charge on any atom is -0.394 e. The van der Waals surface area contributed by atoms with Gasteiger partial charge in [0.1, 0.15) is 5.82 Å². The second-order valence-electron chi connectivity index (χ2n) is 3.51. The molecular weight excluding hydrogens is 249 g/mol. The third-order valence-electron chi connectivity index (χ3n) is 2.11. The highest BCUT2D eigenvalue weighted by atomic mass is 19.4. The molecule has 1 aromatic heterocycles. The summed E-state index contributed by atoms with van der Waals surface area (Å²) in [6, 6.07) is 2.23. The van der Waals surface area contributed by atoms with Crippen molar-refractivity contribution in [3.05, 3.63) is 23.9 Å². The van der Waals surface area contributed by atoms with Gasteiger partial charge in [-0.25, -0.2) is 4.98 Å². The van der Waals surface area contributed by atoms with Gasteiger partial charge in [-0.3, -0.25) is 0 Å². The minimum absolute atomic E-state index is 0.0636. The zero-order valence-electron chi connectivity index (χ0n) is 9.70. The SMILES string of the molecule is OCCOCCCNc1ncccc1C(F)(F)F. The fourth-order valence-corrected chi connectivity index (χ4v) is 1.32. The Morgan fingerprint density at radius 1 is 1.33 bits per heavy atom. The molecule has 102 valence electrons. The molecule has 0 spiro atoms. The van der Waals surface area contributed by atoms with Gasteiger partial charge < -0.3 is 15.2 Å². The van der Waals surface area contributed by atoms with E-state index >= 15 is 0 Å². The summed E-state index contributed by atoms with van der Waals surface area (Å²) < 4.78 is 42.8. The quantitative estimate of drug-likeness (QED) is 0.739. The number of aromatic nitrogens is 1. The van der Waals surface area contributed by atoms with Crippen molar-refractivity contribution in [2.24, 2.45) is 0 Å². The predicted octanol–water partition coefficient (Wildman–Crippen LogP) is 1.91. The van der Waals surface area contributed by atoms with Crippen LogP contribution in [0.15, 0.2) is 18.3 Å². The molecule has 0 unspecified atom stereocenters. The number of halogens is 3. The maximum atomic E-state index is 12.6. The van der Waals surface area contributed by atoms with Crippen molar-refractivity contribution in [3.63, 3.8) is 0 Å². The summed E-state index contributed by atoms with van der Waals surface area (Å²) in [5.74, 6) is -0.174. The summed E-state index contributed by atoms with van der Waals surface area (Å²) in [4.78, 5) is 3.67. The lowest BCUT2D eigenvalue weighted by Gasteiger charge is -2.12. The number of nitrogens with one attached hydrogen (secondary N) is 1. The van der Waals surface area contributed by atoms with Crippen molar-refractivity contribution in [2.45, 2.75) is 12.6 Å². The van der Waals surface area contributed by atoms with E-state index in [-0.39, 0.29) is 19.0 Å². The Balaban J connectivity index is 2.43. The lowest BCUT2D eigenvalue weighted by Crippen LogP contribution is -2.14. The number of aliphatic hydroxyl groups is 1. The molecule has 0 amide bonds. The molecule has 0 radical (unpaired) electrons. The molecule has 0 aliphatic rings. The second kappa shape index (κ2) is 7.17. The van der Waals surface area contributed by atoms with Crippen LogP contribution in [0.5, 0.6) is 0 Å². The summed E-state index contributed by atoms with van der Waals surface area (Å²) >= 11 is 0. The average Bonchev–Trinajstić information content (AvgIpc) is 2.33. The van der Waals surface area contributed by atoms with E-state index in [0.717, 1.165) is 6.07 Å². The summed E-state index contributed by atoms with van der Waals surface area (Å²) in [6.07, 6.45) is -2.57. The van der Waals surface area contributed by atoms with Crippen LogP contribution in [0.1, 0.15) is 12.0 Å². The third kappa shape index (κ3) is 4.89. The third-order valence-corrected chi connectivity index (χ3v) is 2.11. The molecule has 0 aliphatic carbocycles. The number of aliphatic hydroxyl groups excluding tert-OH is 1. The Morgan fingerprint density at radius 3 is 2.78 bits per heavy atom. The number of anilines is 1. The van der Waals surface area contributed by atoms with Crippen LogP contribution < -0.4 is 5.32 Å². The van der Waals surface area contributed by atoms with Gasteiger partial charge in [-0.1, -0.05) is 0 Å². The molecule has 18 heavy (non-hydrogen) atoms. The molecular formula is C11H15F3N2O2. The van der Waals surface area contributed by atoms with Crippen LogP contribution in [-0.4, -0.2) is 36.5 Å². The number of ether oxygens (including phenoxy) is 1. The predicted molar refractivity (Wildman–Crippen MR) is 60.3 cm³/mol. The zero-order chi connectivity index (χ0) is 13.4. The molecule has 1 heterocycles. The number of pyridine rings is 1. The number of alkyl halides is 3. The van der Waals surface area contributed by atoms with E-state index < -0.39 is 11.7 Å². The van der Waals surface area contributed by atoms with Gasteiger partial charge in [0.25, 0.3) is 0 Å². The van der Waals surface area contributed by atoms with Crippen LogP contribution in [0.2, 0.25) is 0 Å². The van der Waals surface area contributed by atoms with Crippen molar-refractivity contribution in [3.8, 4) is 0 Å². The van der Waals surface area contributed by atoms with E-state index in [2.05, 4.69) is 10.3 Å². The number of nitrogens with zero attached hydrogens (tertiary/aromatic N) is 1. The highest BCUT2D eigenvalue weighted by molar-refractivity contribution is 5.45. The fraction of sp³-hybridized carbons (Fsp3) is 0.545. The second-order valence-corrected chi connectivity index (χ2v) is 3.51. The Bertz CT molecular complexity index is 358. The number of hydrogen-bond acceptors (Lipinski definition) is 4. The topological polar surface area (TPSA) is 54.4 Å². The first-order valence-electron chi connectivity index (χ1n) is 5.50. The monoisotopic (exact) mass is 264 g/mol. The van der Waals surface area contributed by atoms with Crippen LogP contribution in [0.4, 0.5) is 19.0 Å². The van der Waals surface area contributed by atoms with E-state index in [4.69, 9.17) is 9.84 Å². The number of rotatable bonds is 7. The molecule has 0 fully saturated rings. The standard InChI is InChI=1S/C11H15F3N2O2/c12-11(13,14)9-3-1-4-15-10(9)16-5-2-7-18-8-6-17/h1,3-4,17H,2,5-8H2,(H,15,16). The summed E-state index contributed by atoms with van der Waals surface area (Å²) in [7, 11) is 0. The van der Waals surface area contributed by atoms with Gasteiger partial charge >= 0.3 is 6.18 Å². The van der Waals surface area contributed by atoms with Crippen molar-refractivity contribution in [2.75, 3.05) is 31.7 Å². The molecule has 0 aromatic carbocycles. The zero-order valence-corrected chi connectivity index (χ0v) is 9.70. The first kappa shape index (κ1) is 14.7. The molecule has 0 aliphatic heterocycles. The van der Waals surface area contributed by atoms with Gasteiger partial charge in [-0.15, -0.1) is 0 Å². The summed E-state index contributed by atoms with van der Waals surface area (Å²) in [5, 5.41) is 11.1. The molecule has 0 saturated carbocycles. The first-order valence-corrected chi connectivity index (χ1v) is 5.50. The molecule has 0 atom stereocenters. The van der Waals surface area contributed by atoms with Crippen molar-refractivity contribution < 1.29 is 23.0 Å². The van der Waals surface area contributed by atoms with Crippen LogP contribution in [0, 0.1) is 0 Å². The maximum absolute atomic E-state index is 12.6. The van der Waals surface area contributed by atoms with Crippen LogP contribution in [-0.2, 0) is 10.9 Å². The normalized spacial score (nSPS) is 11.6. The summed E-state index contributed by atoms with van der Waals surface area (Å²) in [5.41, 5.74) is -0.777. The van der Waals surface area contributed by atoms with Crippen LogP contribution >= 0.6 is 0 Å². The van der Waals surface area contributed by atoms with Gasteiger partial charge in [0.05, 0.1) is 18.8 Å². The van der Waals surface area contributed by atoms with Crippen LogP contribution in [0.3, 0.4) is 0 Å². The Morgan fingerprint density at radius 2 is 2.11 bits per heavy atom. The van der Waals surface area contributed by atoms with Gasteiger partial charge in [-0.2, -0.15) is 13.2 Å². The smallest absolute Gasteiger partial charge is 0.394 e. The van der Waals surface area contributed by atoms with Crippen LogP contribution in [0.25, 0.3) is 0 Å². The van der Waals surface area contributed by atoms with Crippen molar-refractivity contribution >= 4 is 5.82 Å². The molecule has 0 bridgehead atoms. The molecule has 2 N–H and O–H groups in total. The largest absolute Gasteiger partial charge is 0.419 e. The Labute approximate surface area is 103 Å². The lowest BCUT2D eigenvalue weighted by molar-refractivity contribution is -0.137. The molecule has 0 saturated heterocycles. The van der Waals surface area contributed by atoms with Gasteiger partial charge in [0.2, 0.25) is 0 Å². The molecule has 4 nitrogen and oxygen atoms in total. The lowest BCUT2D eigenvalue weighted by atomic mass is 10.2. The molecule has 1 rings (SSSR count). The molecule has 7 heteroatoms. The Hall–Kier alpha value is -1.34. The van der Waals surface area contributed by atoms with Gasteiger partial charge in [0.15, 0.2) is 0 Å². The van der Waals surface area contributed by atoms with Gasteiger partial charge in [0, 0.05) is 19.3 Å². The minimum atomic E-state index is -4.41. The van der Waals surface area contributed by atoms with Crippen molar-refractivity contribution in [1.29, 1.82) is 0 Å². The maximum Gasteiger partial charge on any atom is 0.419 e. The highest BCUT2D eigenvalue weighted by Gasteiger charge is 2.33. The first-order chi connectivity index (χ1) is 8.55. The Kier molecular flexibility index (Phi) is 5.87. The summed E-state index contributed by atoms with van der Waals surface area (Å²) in [6.45, 7) is 0.872. The van der Waals surface area contributed by atoms with E-state index in [1.54, 1.807) is 0 Å². The van der Waals surface area contributed by atoms with Crippen molar-refractivity contribution in [1.82, 2.24) is 4.98 Å².